The van der Waals surface area contributed by atoms with Gasteiger partial charge in [-0.15, -0.1) is 0 Å². The third kappa shape index (κ3) is 1.23. The first-order chi connectivity index (χ1) is 5.83. The van der Waals surface area contributed by atoms with Crippen molar-refractivity contribution in [1.29, 1.82) is 5.26 Å². The van der Waals surface area contributed by atoms with E-state index in [1.54, 1.807) is 6.20 Å². The Balaban J connectivity index is 2.49. The van der Waals surface area contributed by atoms with Crippen LogP contribution in [0.5, 0.6) is 0 Å². The standard InChI is InChI=1S/C9H7BrN2/c10-9-7(6-1-2-6)3-4-12-8(9)5-11/h3-4,6H,1-2H2. The number of hydrogen-bond donors (Lipinski definition) is 0. The van der Waals surface area contributed by atoms with Crippen molar-refractivity contribution < 1.29 is 0 Å². The number of halogens is 1. The minimum atomic E-state index is 0.499. The minimum absolute atomic E-state index is 0.499. The van der Waals surface area contributed by atoms with E-state index in [1.165, 1.54) is 18.4 Å². The van der Waals surface area contributed by atoms with Crippen LogP contribution in [0.2, 0.25) is 0 Å². The van der Waals surface area contributed by atoms with E-state index in [2.05, 4.69) is 27.0 Å². The number of hydrogen-bond acceptors (Lipinski definition) is 2. The smallest absolute Gasteiger partial charge is 0.154 e. The van der Waals surface area contributed by atoms with Crippen LogP contribution in [0.1, 0.15) is 30.0 Å². The van der Waals surface area contributed by atoms with Crippen molar-refractivity contribution in [3.8, 4) is 6.07 Å². The highest BCUT2D eigenvalue weighted by molar-refractivity contribution is 9.10. The zero-order valence-corrected chi connectivity index (χ0v) is 8.00. The van der Waals surface area contributed by atoms with Gasteiger partial charge >= 0.3 is 0 Å². The molecule has 0 bridgehead atoms. The van der Waals surface area contributed by atoms with Crippen molar-refractivity contribution in [3.63, 3.8) is 0 Å². The summed E-state index contributed by atoms with van der Waals surface area (Å²) in [6, 6.07) is 4.05. The summed E-state index contributed by atoms with van der Waals surface area (Å²) >= 11 is 3.40. The molecule has 0 aromatic carbocycles. The van der Waals surface area contributed by atoms with Crippen LogP contribution in [0.3, 0.4) is 0 Å². The molecular formula is C9H7BrN2. The summed E-state index contributed by atoms with van der Waals surface area (Å²) in [6.45, 7) is 0. The van der Waals surface area contributed by atoms with Crippen molar-refractivity contribution in [2.75, 3.05) is 0 Å². The van der Waals surface area contributed by atoms with Gasteiger partial charge in [0.05, 0.1) is 4.47 Å². The molecular weight excluding hydrogens is 216 g/mol. The van der Waals surface area contributed by atoms with Crippen molar-refractivity contribution in [1.82, 2.24) is 4.98 Å². The Morgan fingerprint density at radius 2 is 2.33 bits per heavy atom. The average molecular weight is 223 g/mol. The second-order valence-corrected chi connectivity index (χ2v) is 3.74. The molecule has 0 saturated heterocycles. The van der Waals surface area contributed by atoms with Gasteiger partial charge in [-0.05, 0) is 46.3 Å². The molecule has 1 aliphatic rings. The number of nitriles is 1. The van der Waals surface area contributed by atoms with Gasteiger partial charge in [0.1, 0.15) is 6.07 Å². The number of rotatable bonds is 1. The Kier molecular flexibility index (Phi) is 1.86. The van der Waals surface area contributed by atoms with Gasteiger partial charge in [-0.1, -0.05) is 0 Å². The number of aromatic nitrogens is 1. The topological polar surface area (TPSA) is 36.7 Å². The van der Waals surface area contributed by atoms with E-state index >= 15 is 0 Å². The Hall–Kier alpha value is -0.880. The van der Waals surface area contributed by atoms with Crippen LogP contribution in [0.15, 0.2) is 16.7 Å². The van der Waals surface area contributed by atoms with Crippen LogP contribution in [0, 0.1) is 11.3 Å². The summed E-state index contributed by atoms with van der Waals surface area (Å²) in [4.78, 5) is 3.96. The lowest BCUT2D eigenvalue weighted by atomic mass is 10.1. The summed E-state index contributed by atoms with van der Waals surface area (Å²) in [7, 11) is 0. The average Bonchev–Trinajstić information content (AvgIpc) is 2.88. The molecule has 60 valence electrons. The van der Waals surface area contributed by atoms with Crippen LogP contribution in [-0.2, 0) is 0 Å². The third-order valence-electron chi connectivity index (χ3n) is 2.04. The van der Waals surface area contributed by atoms with Gasteiger partial charge in [-0.3, -0.25) is 0 Å². The molecule has 2 rings (SSSR count). The van der Waals surface area contributed by atoms with E-state index in [1.807, 2.05) is 6.07 Å². The largest absolute Gasteiger partial charge is 0.244 e. The first-order valence-electron chi connectivity index (χ1n) is 3.87. The predicted octanol–water partition coefficient (Wildman–Crippen LogP) is 2.59. The molecule has 1 aromatic heterocycles. The number of nitrogens with zero attached hydrogens (tertiary/aromatic N) is 2. The molecule has 0 radical (unpaired) electrons. The molecule has 1 heterocycles. The van der Waals surface area contributed by atoms with E-state index in [9.17, 15) is 0 Å². The third-order valence-corrected chi connectivity index (χ3v) is 2.88. The Morgan fingerprint density at radius 3 is 2.92 bits per heavy atom. The SMILES string of the molecule is N#Cc1nccc(C2CC2)c1Br. The first kappa shape index (κ1) is 7.75. The van der Waals surface area contributed by atoms with E-state index in [-0.39, 0.29) is 0 Å². The summed E-state index contributed by atoms with van der Waals surface area (Å²) in [5.41, 5.74) is 1.74. The molecule has 1 fully saturated rings. The van der Waals surface area contributed by atoms with Crippen LogP contribution >= 0.6 is 15.9 Å². The molecule has 1 saturated carbocycles. The molecule has 12 heavy (non-hydrogen) atoms. The quantitative estimate of drug-likeness (QED) is 0.733. The summed E-state index contributed by atoms with van der Waals surface area (Å²) in [6.07, 6.45) is 4.19. The van der Waals surface area contributed by atoms with Gasteiger partial charge in [-0.2, -0.15) is 5.26 Å². The predicted molar refractivity (Wildman–Crippen MR) is 48.6 cm³/mol. The van der Waals surface area contributed by atoms with Crippen molar-refractivity contribution in [2.45, 2.75) is 18.8 Å². The monoisotopic (exact) mass is 222 g/mol. The highest BCUT2D eigenvalue weighted by Gasteiger charge is 2.26. The van der Waals surface area contributed by atoms with Gasteiger partial charge in [0.25, 0.3) is 0 Å². The first-order valence-corrected chi connectivity index (χ1v) is 4.66. The molecule has 0 spiro atoms. The van der Waals surface area contributed by atoms with Crippen LogP contribution < -0.4 is 0 Å². The van der Waals surface area contributed by atoms with Crippen molar-refractivity contribution >= 4 is 15.9 Å². The van der Waals surface area contributed by atoms with Gasteiger partial charge < -0.3 is 0 Å². The maximum atomic E-state index is 8.70. The molecule has 0 atom stereocenters. The lowest BCUT2D eigenvalue weighted by molar-refractivity contribution is 1.08. The van der Waals surface area contributed by atoms with Crippen LogP contribution in [0.4, 0.5) is 0 Å². The zero-order valence-electron chi connectivity index (χ0n) is 6.42. The Labute approximate surface area is 79.4 Å². The summed E-state index contributed by atoms with van der Waals surface area (Å²) < 4.78 is 0.884. The molecule has 0 unspecified atom stereocenters. The van der Waals surface area contributed by atoms with Gasteiger partial charge in [0.2, 0.25) is 0 Å². The van der Waals surface area contributed by atoms with E-state index in [4.69, 9.17) is 5.26 Å². The maximum absolute atomic E-state index is 8.70. The fraction of sp³-hybridized carbons (Fsp3) is 0.333. The minimum Gasteiger partial charge on any atom is -0.244 e. The fourth-order valence-electron chi connectivity index (χ4n) is 1.25. The molecule has 3 heteroatoms. The lowest BCUT2D eigenvalue weighted by Gasteiger charge is -2.01. The summed E-state index contributed by atoms with van der Waals surface area (Å²) in [5.74, 6) is 0.662. The van der Waals surface area contributed by atoms with E-state index < -0.39 is 0 Å². The Bertz CT molecular complexity index is 350. The molecule has 0 aliphatic heterocycles. The van der Waals surface area contributed by atoms with Crippen LogP contribution in [0.25, 0.3) is 0 Å². The number of pyridine rings is 1. The fourth-order valence-corrected chi connectivity index (χ4v) is 1.89. The van der Waals surface area contributed by atoms with Gasteiger partial charge in [0.15, 0.2) is 5.69 Å². The van der Waals surface area contributed by atoms with Gasteiger partial charge in [-0.25, -0.2) is 4.98 Å². The molecule has 1 aliphatic carbocycles. The second kappa shape index (κ2) is 2.87. The second-order valence-electron chi connectivity index (χ2n) is 2.95. The lowest BCUT2D eigenvalue weighted by Crippen LogP contribution is -1.89. The van der Waals surface area contributed by atoms with Crippen LogP contribution in [-0.4, -0.2) is 4.98 Å². The van der Waals surface area contributed by atoms with E-state index in [0.717, 1.165) is 4.47 Å². The molecule has 0 N–H and O–H groups in total. The maximum Gasteiger partial charge on any atom is 0.154 e. The van der Waals surface area contributed by atoms with Gasteiger partial charge in [0, 0.05) is 6.20 Å². The normalized spacial score (nSPS) is 15.7. The molecule has 1 aromatic rings. The Morgan fingerprint density at radius 1 is 1.58 bits per heavy atom. The van der Waals surface area contributed by atoms with Crippen molar-refractivity contribution in [2.24, 2.45) is 0 Å². The molecule has 2 nitrogen and oxygen atoms in total. The van der Waals surface area contributed by atoms with Crippen molar-refractivity contribution in [3.05, 3.63) is 28.0 Å². The molecule has 0 amide bonds. The zero-order chi connectivity index (χ0) is 8.55. The van der Waals surface area contributed by atoms with E-state index in [0.29, 0.717) is 11.6 Å². The highest BCUT2D eigenvalue weighted by Crippen LogP contribution is 2.43. The highest BCUT2D eigenvalue weighted by atomic mass is 79.9. The summed E-state index contributed by atoms with van der Waals surface area (Å²) in [5, 5.41) is 8.70.